The van der Waals surface area contributed by atoms with Gasteiger partial charge in [0.1, 0.15) is 0 Å². The molecule has 0 aliphatic carbocycles. The van der Waals surface area contributed by atoms with E-state index in [1.807, 2.05) is 56.3 Å². The molecule has 3 rings (SSSR count). The Hall–Kier alpha value is -2.87. The summed E-state index contributed by atoms with van der Waals surface area (Å²) in [5.74, 6) is 0.958. The zero-order chi connectivity index (χ0) is 20.3. The molecule has 2 aromatic carbocycles. The van der Waals surface area contributed by atoms with E-state index in [4.69, 9.17) is 9.47 Å². The van der Waals surface area contributed by atoms with Crippen molar-refractivity contribution in [1.82, 2.24) is 20.3 Å². The Labute approximate surface area is 171 Å². The van der Waals surface area contributed by atoms with Crippen LogP contribution in [0, 0.1) is 6.92 Å². The molecule has 3 aromatic rings. The third kappa shape index (κ3) is 4.01. The first-order valence-electron chi connectivity index (χ1n) is 8.65. The number of amides is 1. The minimum Gasteiger partial charge on any atom is -0.493 e. The fourth-order valence-electron chi connectivity index (χ4n) is 2.84. The lowest BCUT2D eigenvalue weighted by molar-refractivity contribution is 0.0934. The van der Waals surface area contributed by atoms with Gasteiger partial charge in [0.25, 0.3) is 5.91 Å². The quantitative estimate of drug-likeness (QED) is 0.624. The summed E-state index contributed by atoms with van der Waals surface area (Å²) in [5.41, 5.74) is 2.68. The number of carbonyl (C=O) groups excluding carboxylic acids is 1. The van der Waals surface area contributed by atoms with Gasteiger partial charge < -0.3 is 14.8 Å². The lowest BCUT2D eigenvalue weighted by Gasteiger charge is -2.16. The number of methoxy groups -OCH3 is 2. The largest absolute Gasteiger partial charge is 0.493 e. The Balaban J connectivity index is 1.79. The second-order valence-corrected chi connectivity index (χ2v) is 7.14. The first-order valence-corrected chi connectivity index (χ1v) is 9.45. The number of hydrogen-bond acceptors (Lipinski definition) is 5. The summed E-state index contributed by atoms with van der Waals surface area (Å²) < 4.78 is 13.2. The smallest absolute Gasteiger partial charge is 0.274 e. The molecule has 0 bridgehead atoms. The molecule has 1 unspecified atom stereocenters. The molecule has 0 spiro atoms. The van der Waals surface area contributed by atoms with Gasteiger partial charge >= 0.3 is 0 Å². The minimum absolute atomic E-state index is 0.246. The fourth-order valence-corrected chi connectivity index (χ4v) is 3.10. The van der Waals surface area contributed by atoms with E-state index < -0.39 is 0 Å². The zero-order valence-corrected chi connectivity index (χ0v) is 17.6. The first-order chi connectivity index (χ1) is 13.4. The van der Waals surface area contributed by atoms with E-state index in [0.717, 1.165) is 15.7 Å². The van der Waals surface area contributed by atoms with E-state index >= 15 is 0 Å². The fraction of sp³-hybridized carbons (Fsp3) is 0.250. The van der Waals surface area contributed by atoms with Crippen LogP contribution in [0.15, 0.2) is 46.9 Å². The van der Waals surface area contributed by atoms with E-state index in [0.29, 0.717) is 17.2 Å². The Kier molecular flexibility index (Phi) is 5.99. The van der Waals surface area contributed by atoms with E-state index in [2.05, 4.69) is 31.6 Å². The molecule has 146 valence electrons. The molecule has 0 aliphatic rings. The Morgan fingerprint density at radius 1 is 1.11 bits per heavy atom. The van der Waals surface area contributed by atoms with E-state index in [1.54, 1.807) is 18.9 Å². The highest BCUT2D eigenvalue weighted by molar-refractivity contribution is 9.10. The first kappa shape index (κ1) is 19.9. The zero-order valence-electron chi connectivity index (χ0n) is 16.1. The topological polar surface area (TPSA) is 78.3 Å². The highest BCUT2D eigenvalue weighted by Gasteiger charge is 2.20. The molecule has 0 saturated heterocycles. The van der Waals surface area contributed by atoms with Gasteiger partial charge in [-0.25, -0.2) is 4.68 Å². The summed E-state index contributed by atoms with van der Waals surface area (Å²) >= 11 is 3.41. The van der Waals surface area contributed by atoms with Crippen molar-refractivity contribution in [1.29, 1.82) is 0 Å². The number of ether oxygens (including phenoxy) is 2. The maximum atomic E-state index is 12.7. The molecule has 1 amide bonds. The minimum atomic E-state index is -0.289. The predicted octanol–water partition coefficient (Wildman–Crippen LogP) is 3.85. The van der Waals surface area contributed by atoms with Crippen molar-refractivity contribution in [2.75, 3.05) is 14.2 Å². The molecule has 0 saturated carbocycles. The Bertz CT molecular complexity index is 986. The van der Waals surface area contributed by atoms with Crippen LogP contribution in [-0.2, 0) is 0 Å². The average Bonchev–Trinajstić information content (AvgIpc) is 3.09. The number of aromatic nitrogens is 3. The van der Waals surface area contributed by atoms with Gasteiger partial charge in [-0.1, -0.05) is 27.2 Å². The standard InChI is InChI=1S/C20H21BrN4O3/c1-12(14-5-10-17(27-3)18(11-14)28-4)22-20(26)19-13(2)25(24-23-19)16-8-6-15(21)7-9-16/h5-12H,1-4H3,(H,22,26). The van der Waals surface area contributed by atoms with Gasteiger partial charge in [-0.3, -0.25) is 4.79 Å². The van der Waals surface area contributed by atoms with Crippen LogP contribution in [0.3, 0.4) is 0 Å². The van der Waals surface area contributed by atoms with E-state index in [1.165, 1.54) is 0 Å². The lowest BCUT2D eigenvalue weighted by atomic mass is 10.1. The molecule has 0 fully saturated rings. The highest BCUT2D eigenvalue weighted by atomic mass is 79.9. The monoisotopic (exact) mass is 444 g/mol. The van der Waals surface area contributed by atoms with Gasteiger partial charge in [0.05, 0.1) is 31.6 Å². The molecule has 1 atom stereocenters. The molecule has 28 heavy (non-hydrogen) atoms. The second kappa shape index (κ2) is 8.43. The van der Waals surface area contributed by atoms with Gasteiger partial charge in [0, 0.05) is 4.47 Å². The maximum absolute atomic E-state index is 12.7. The molecular formula is C20H21BrN4O3. The Morgan fingerprint density at radius 3 is 2.43 bits per heavy atom. The summed E-state index contributed by atoms with van der Waals surface area (Å²) in [6, 6.07) is 12.9. The molecule has 1 N–H and O–H groups in total. The molecule has 1 aromatic heterocycles. The SMILES string of the molecule is COc1ccc(C(C)NC(=O)c2nnn(-c3ccc(Br)cc3)c2C)cc1OC. The maximum Gasteiger partial charge on any atom is 0.274 e. The molecule has 8 heteroatoms. The van der Waals surface area contributed by atoms with Crippen molar-refractivity contribution in [3.63, 3.8) is 0 Å². The van der Waals surface area contributed by atoms with E-state index in [9.17, 15) is 4.79 Å². The normalized spacial score (nSPS) is 11.8. The molecular weight excluding hydrogens is 424 g/mol. The van der Waals surface area contributed by atoms with Gasteiger partial charge in [0.2, 0.25) is 0 Å². The summed E-state index contributed by atoms with van der Waals surface area (Å²) in [6.07, 6.45) is 0. The van der Waals surface area contributed by atoms with Crippen molar-refractivity contribution in [3.8, 4) is 17.2 Å². The van der Waals surface area contributed by atoms with Crippen molar-refractivity contribution >= 4 is 21.8 Å². The number of hydrogen-bond donors (Lipinski definition) is 1. The number of nitrogens with one attached hydrogen (secondary N) is 1. The molecule has 1 heterocycles. The van der Waals surface area contributed by atoms with E-state index in [-0.39, 0.29) is 17.6 Å². The van der Waals surface area contributed by atoms with Crippen molar-refractivity contribution in [2.45, 2.75) is 19.9 Å². The molecule has 7 nitrogen and oxygen atoms in total. The number of rotatable bonds is 6. The van der Waals surface area contributed by atoms with Crippen molar-refractivity contribution < 1.29 is 14.3 Å². The van der Waals surface area contributed by atoms with Gasteiger partial charge in [-0.15, -0.1) is 5.10 Å². The van der Waals surface area contributed by atoms with Crippen molar-refractivity contribution in [3.05, 3.63) is 63.9 Å². The van der Waals surface area contributed by atoms with Gasteiger partial charge in [0.15, 0.2) is 17.2 Å². The number of nitrogens with zero attached hydrogens (tertiary/aromatic N) is 3. The number of benzene rings is 2. The molecule has 0 radical (unpaired) electrons. The van der Waals surface area contributed by atoms with Crippen LogP contribution >= 0.6 is 15.9 Å². The molecule has 0 aliphatic heterocycles. The van der Waals surface area contributed by atoms with Crippen LogP contribution in [0.2, 0.25) is 0 Å². The predicted molar refractivity (Wildman–Crippen MR) is 109 cm³/mol. The number of carbonyl (C=O) groups is 1. The van der Waals surface area contributed by atoms with Crippen LogP contribution in [0.1, 0.15) is 34.7 Å². The third-order valence-electron chi connectivity index (χ3n) is 4.44. The average molecular weight is 445 g/mol. The summed E-state index contributed by atoms with van der Waals surface area (Å²) in [7, 11) is 3.16. The van der Waals surface area contributed by atoms with Crippen LogP contribution in [-0.4, -0.2) is 35.1 Å². The lowest BCUT2D eigenvalue weighted by Crippen LogP contribution is -2.27. The van der Waals surface area contributed by atoms with Gasteiger partial charge in [-0.05, 0) is 55.8 Å². The summed E-state index contributed by atoms with van der Waals surface area (Å²) in [4.78, 5) is 12.7. The Morgan fingerprint density at radius 2 is 1.79 bits per heavy atom. The van der Waals surface area contributed by atoms with Crippen LogP contribution in [0.5, 0.6) is 11.5 Å². The number of halogens is 1. The highest BCUT2D eigenvalue weighted by Crippen LogP contribution is 2.30. The van der Waals surface area contributed by atoms with Crippen LogP contribution < -0.4 is 14.8 Å². The van der Waals surface area contributed by atoms with Crippen LogP contribution in [0.4, 0.5) is 0 Å². The summed E-state index contributed by atoms with van der Waals surface area (Å²) in [6.45, 7) is 3.71. The third-order valence-corrected chi connectivity index (χ3v) is 4.96. The van der Waals surface area contributed by atoms with Crippen molar-refractivity contribution in [2.24, 2.45) is 0 Å². The summed E-state index contributed by atoms with van der Waals surface area (Å²) in [5, 5.41) is 11.1. The second-order valence-electron chi connectivity index (χ2n) is 6.22. The van der Waals surface area contributed by atoms with Gasteiger partial charge in [-0.2, -0.15) is 0 Å². The van der Waals surface area contributed by atoms with Crippen LogP contribution in [0.25, 0.3) is 5.69 Å².